The lowest BCUT2D eigenvalue weighted by atomic mass is 9.94. The first kappa shape index (κ1) is 25.4. The number of likely N-dealkylation sites (tertiary alicyclic amines) is 1. The highest BCUT2D eigenvalue weighted by atomic mass is 16.5. The number of hydrogen-bond donors (Lipinski definition) is 1. The molecule has 6 rings (SSSR count). The highest BCUT2D eigenvalue weighted by molar-refractivity contribution is 6.46. The summed E-state index contributed by atoms with van der Waals surface area (Å²) in [6.07, 6.45) is 6.63. The SMILES string of the molecule is C[C@@H]1Cc2cc(/C(O)=C3\C(=O)C(=O)N(CCCn4ccnc4)[C@H]3c3cccc(Oc4ccccc4)c3)ccc2O1. The lowest BCUT2D eigenvalue weighted by Crippen LogP contribution is -2.31. The van der Waals surface area contributed by atoms with Crippen LogP contribution in [0, 0.1) is 0 Å². The topological polar surface area (TPSA) is 93.9 Å². The number of Topliss-reactive ketones (excluding diaryl/α,β-unsaturated/α-hetero) is 1. The van der Waals surface area contributed by atoms with E-state index in [0.717, 1.165) is 11.3 Å². The molecule has 8 nitrogen and oxygen atoms in total. The minimum atomic E-state index is -0.773. The molecule has 0 spiro atoms. The fourth-order valence-corrected chi connectivity index (χ4v) is 5.40. The first-order valence-electron chi connectivity index (χ1n) is 13.3. The van der Waals surface area contributed by atoms with Crippen molar-refractivity contribution >= 4 is 17.4 Å². The zero-order valence-corrected chi connectivity index (χ0v) is 22.1. The molecule has 0 saturated carbocycles. The summed E-state index contributed by atoms with van der Waals surface area (Å²) in [7, 11) is 0. The van der Waals surface area contributed by atoms with Gasteiger partial charge < -0.3 is 24.0 Å². The number of fused-ring (bicyclic) bond motifs is 1. The molecule has 202 valence electrons. The number of rotatable bonds is 8. The van der Waals surface area contributed by atoms with Gasteiger partial charge in [-0.1, -0.05) is 30.3 Å². The van der Waals surface area contributed by atoms with Crippen LogP contribution < -0.4 is 9.47 Å². The molecule has 1 saturated heterocycles. The average molecular weight is 536 g/mol. The van der Waals surface area contributed by atoms with Crippen LogP contribution in [0.2, 0.25) is 0 Å². The summed E-state index contributed by atoms with van der Waals surface area (Å²) in [5.41, 5.74) is 2.18. The van der Waals surface area contributed by atoms with Crippen LogP contribution in [0.4, 0.5) is 0 Å². The van der Waals surface area contributed by atoms with E-state index in [1.807, 2.05) is 78.4 Å². The van der Waals surface area contributed by atoms with E-state index in [1.165, 1.54) is 0 Å². The Labute approximate surface area is 232 Å². The van der Waals surface area contributed by atoms with E-state index in [4.69, 9.17) is 9.47 Å². The van der Waals surface area contributed by atoms with Crippen LogP contribution in [0.1, 0.15) is 36.1 Å². The minimum Gasteiger partial charge on any atom is -0.507 e. The summed E-state index contributed by atoms with van der Waals surface area (Å²) in [5.74, 6) is 0.470. The van der Waals surface area contributed by atoms with Gasteiger partial charge in [-0.25, -0.2) is 4.98 Å². The Bertz CT molecular complexity index is 1580. The van der Waals surface area contributed by atoms with Gasteiger partial charge in [0, 0.05) is 37.5 Å². The Balaban J connectivity index is 1.38. The summed E-state index contributed by atoms with van der Waals surface area (Å²) >= 11 is 0. The second kappa shape index (κ2) is 10.7. The molecular weight excluding hydrogens is 506 g/mol. The van der Waals surface area contributed by atoms with Gasteiger partial charge in [-0.05, 0) is 66.9 Å². The van der Waals surface area contributed by atoms with Crippen LogP contribution in [0.3, 0.4) is 0 Å². The predicted octanol–water partition coefficient (Wildman–Crippen LogP) is 5.51. The number of carbonyl (C=O) groups excluding carboxylic acids is 2. The van der Waals surface area contributed by atoms with E-state index >= 15 is 0 Å². The number of amides is 1. The zero-order valence-electron chi connectivity index (χ0n) is 22.1. The fourth-order valence-electron chi connectivity index (χ4n) is 5.40. The summed E-state index contributed by atoms with van der Waals surface area (Å²) < 4.78 is 13.8. The first-order chi connectivity index (χ1) is 19.5. The van der Waals surface area contributed by atoms with Crippen molar-refractivity contribution in [3.63, 3.8) is 0 Å². The third-order valence-corrected chi connectivity index (χ3v) is 7.24. The molecule has 1 N–H and O–H groups in total. The van der Waals surface area contributed by atoms with Gasteiger partial charge in [0.1, 0.15) is 29.1 Å². The summed E-state index contributed by atoms with van der Waals surface area (Å²) in [5, 5.41) is 11.5. The Morgan fingerprint density at radius 3 is 2.65 bits per heavy atom. The van der Waals surface area contributed by atoms with Crippen molar-refractivity contribution in [3.8, 4) is 17.2 Å². The highest BCUT2D eigenvalue weighted by Crippen LogP contribution is 2.41. The van der Waals surface area contributed by atoms with Gasteiger partial charge in [0.25, 0.3) is 11.7 Å². The Kier molecular flexibility index (Phi) is 6.82. The quantitative estimate of drug-likeness (QED) is 0.182. The molecule has 40 heavy (non-hydrogen) atoms. The van der Waals surface area contributed by atoms with E-state index in [1.54, 1.807) is 29.6 Å². The molecule has 0 radical (unpaired) electrons. The molecule has 1 amide bonds. The number of nitrogens with zero attached hydrogens (tertiary/aromatic N) is 3. The monoisotopic (exact) mass is 535 g/mol. The molecule has 4 aromatic rings. The van der Waals surface area contributed by atoms with Crippen LogP contribution in [0.15, 0.2) is 97.1 Å². The molecular formula is C32H29N3O5. The number of ether oxygens (including phenoxy) is 2. The van der Waals surface area contributed by atoms with Crippen molar-refractivity contribution in [2.75, 3.05) is 6.54 Å². The molecule has 1 fully saturated rings. The van der Waals surface area contributed by atoms with Crippen LogP contribution in [0.25, 0.3) is 5.76 Å². The van der Waals surface area contributed by atoms with E-state index in [9.17, 15) is 14.7 Å². The second-order valence-corrected chi connectivity index (χ2v) is 10.1. The number of aromatic nitrogens is 2. The molecule has 3 aromatic carbocycles. The van der Waals surface area contributed by atoms with E-state index in [-0.39, 0.29) is 17.4 Å². The lowest BCUT2D eigenvalue weighted by Gasteiger charge is -2.26. The number of carbonyl (C=O) groups is 2. The van der Waals surface area contributed by atoms with Gasteiger partial charge in [-0.3, -0.25) is 9.59 Å². The summed E-state index contributed by atoms with van der Waals surface area (Å²) in [4.78, 5) is 32.5. The summed E-state index contributed by atoms with van der Waals surface area (Å²) in [6, 6.07) is 21.3. The number of hydrogen-bond acceptors (Lipinski definition) is 6. The van der Waals surface area contributed by atoms with Crippen LogP contribution in [-0.2, 0) is 22.6 Å². The van der Waals surface area contributed by atoms with Crippen LogP contribution in [0.5, 0.6) is 17.2 Å². The molecule has 1 aromatic heterocycles. The lowest BCUT2D eigenvalue weighted by molar-refractivity contribution is -0.139. The number of imidazole rings is 1. The van der Waals surface area contributed by atoms with Crippen molar-refractivity contribution in [1.82, 2.24) is 14.5 Å². The number of para-hydroxylation sites is 1. The normalized spacial score (nSPS) is 19.5. The molecule has 0 unspecified atom stereocenters. The maximum atomic E-state index is 13.5. The maximum Gasteiger partial charge on any atom is 0.295 e. The molecule has 0 aliphatic carbocycles. The molecule has 2 aliphatic rings. The average Bonchev–Trinajstić information content (AvgIpc) is 3.67. The standard InChI is InChI=1S/C32H29N3O5/c1-21-17-24-18-23(11-12-27(24)39-21)30(36)28-29(22-7-5-10-26(19-22)40-25-8-3-2-4-9-25)35(32(38)31(28)37)15-6-14-34-16-13-33-20-34/h2-5,7-13,16,18-21,29,36H,6,14-15,17H2,1H3/b30-28+/t21-,29+/m1/s1. The van der Waals surface area contributed by atoms with E-state index in [0.29, 0.717) is 48.6 Å². The van der Waals surface area contributed by atoms with Crippen molar-refractivity contribution < 1.29 is 24.2 Å². The van der Waals surface area contributed by atoms with Crippen molar-refractivity contribution in [3.05, 3.63) is 114 Å². The predicted molar refractivity (Wildman–Crippen MR) is 149 cm³/mol. The van der Waals surface area contributed by atoms with Gasteiger partial charge in [0.05, 0.1) is 17.9 Å². The maximum absolute atomic E-state index is 13.5. The smallest absolute Gasteiger partial charge is 0.295 e. The Hall–Kier alpha value is -4.85. The minimum absolute atomic E-state index is 0.0424. The van der Waals surface area contributed by atoms with Crippen molar-refractivity contribution in [2.45, 2.75) is 38.5 Å². The van der Waals surface area contributed by atoms with Gasteiger partial charge in [-0.2, -0.15) is 0 Å². The van der Waals surface area contributed by atoms with Crippen molar-refractivity contribution in [1.29, 1.82) is 0 Å². The second-order valence-electron chi connectivity index (χ2n) is 10.1. The molecule has 2 atom stereocenters. The number of benzene rings is 3. The molecule has 3 heterocycles. The molecule has 8 heteroatoms. The molecule has 0 bridgehead atoms. The fraction of sp³-hybridized carbons (Fsp3) is 0.219. The Morgan fingerprint density at radius 2 is 1.85 bits per heavy atom. The van der Waals surface area contributed by atoms with Gasteiger partial charge in [-0.15, -0.1) is 0 Å². The third kappa shape index (κ3) is 4.96. The number of aliphatic hydroxyl groups excluding tert-OH is 1. The largest absolute Gasteiger partial charge is 0.507 e. The number of aliphatic hydroxyl groups is 1. The highest BCUT2D eigenvalue weighted by Gasteiger charge is 2.46. The van der Waals surface area contributed by atoms with Gasteiger partial charge in [0.15, 0.2) is 0 Å². The molecule has 2 aliphatic heterocycles. The first-order valence-corrected chi connectivity index (χ1v) is 13.3. The number of aryl methyl sites for hydroxylation is 1. The van der Waals surface area contributed by atoms with E-state index < -0.39 is 17.7 Å². The Morgan fingerprint density at radius 1 is 1.02 bits per heavy atom. The van der Waals surface area contributed by atoms with Gasteiger partial charge >= 0.3 is 0 Å². The zero-order chi connectivity index (χ0) is 27.6. The number of ketones is 1. The third-order valence-electron chi connectivity index (χ3n) is 7.24. The summed E-state index contributed by atoms with van der Waals surface area (Å²) in [6.45, 7) is 2.94. The van der Waals surface area contributed by atoms with Crippen LogP contribution in [-0.4, -0.2) is 43.9 Å². The van der Waals surface area contributed by atoms with Gasteiger partial charge in [0.2, 0.25) is 0 Å². The van der Waals surface area contributed by atoms with Crippen LogP contribution >= 0.6 is 0 Å². The van der Waals surface area contributed by atoms with E-state index in [2.05, 4.69) is 4.98 Å². The van der Waals surface area contributed by atoms with Crippen molar-refractivity contribution in [2.24, 2.45) is 0 Å².